The summed E-state index contributed by atoms with van der Waals surface area (Å²) in [5.41, 5.74) is 0.659. The molecule has 0 unspecified atom stereocenters. The van der Waals surface area contributed by atoms with Crippen LogP contribution >= 0.6 is 12.2 Å². The van der Waals surface area contributed by atoms with Crippen LogP contribution in [0.5, 0.6) is 5.75 Å². The van der Waals surface area contributed by atoms with Crippen LogP contribution in [0.2, 0.25) is 0 Å². The molecule has 1 N–H and O–H groups in total. The average molecular weight is 302 g/mol. The summed E-state index contributed by atoms with van der Waals surface area (Å²) in [6.07, 6.45) is 3.17. The largest absolute Gasteiger partial charge is 0.489 e. The van der Waals surface area contributed by atoms with Crippen molar-refractivity contribution in [1.29, 1.82) is 0 Å². The third kappa shape index (κ3) is 3.51. The lowest BCUT2D eigenvalue weighted by Crippen LogP contribution is -2.22. The van der Waals surface area contributed by atoms with Crippen molar-refractivity contribution in [3.8, 4) is 5.75 Å². The van der Waals surface area contributed by atoms with Crippen molar-refractivity contribution in [1.82, 2.24) is 14.9 Å². The summed E-state index contributed by atoms with van der Waals surface area (Å²) in [4.78, 5) is 11.9. The Kier molecular flexibility index (Phi) is 4.78. The molecule has 0 bridgehead atoms. The minimum Gasteiger partial charge on any atom is -0.489 e. The van der Waals surface area contributed by atoms with Crippen molar-refractivity contribution in [2.24, 2.45) is 5.10 Å². The topological polar surface area (TPSA) is 72.3 Å². The molecule has 0 aliphatic heterocycles. The standard InChI is InChI=1S/C14H14N4O2S/c1-3-8-20-12-7-5-4-6-11(12)9-15-18-13(19)10(2)16-17-14(18)21/h3-7,9H,1,8H2,2H3,(H,17,21)/b15-9-. The Morgan fingerprint density at radius 2 is 2.29 bits per heavy atom. The summed E-state index contributed by atoms with van der Waals surface area (Å²) in [7, 11) is 0. The smallest absolute Gasteiger partial charge is 0.296 e. The van der Waals surface area contributed by atoms with E-state index in [2.05, 4.69) is 21.9 Å². The molecule has 0 aliphatic rings. The van der Waals surface area contributed by atoms with E-state index < -0.39 is 0 Å². The molecule has 0 saturated carbocycles. The number of benzene rings is 1. The maximum absolute atomic E-state index is 11.9. The number of aromatic amines is 1. The zero-order chi connectivity index (χ0) is 15.2. The van der Waals surface area contributed by atoms with Gasteiger partial charge in [0.15, 0.2) is 0 Å². The lowest BCUT2D eigenvalue weighted by Gasteiger charge is -2.06. The minimum atomic E-state index is -0.362. The van der Waals surface area contributed by atoms with E-state index in [0.717, 1.165) is 10.2 Å². The molecule has 0 aliphatic carbocycles. The summed E-state index contributed by atoms with van der Waals surface area (Å²) in [6.45, 7) is 5.58. The quantitative estimate of drug-likeness (QED) is 0.521. The highest BCUT2D eigenvalue weighted by Crippen LogP contribution is 2.15. The molecule has 2 aromatic rings. The van der Waals surface area contributed by atoms with Gasteiger partial charge in [0.05, 0.1) is 6.21 Å². The predicted molar refractivity (Wildman–Crippen MR) is 83.5 cm³/mol. The van der Waals surface area contributed by atoms with Crippen LogP contribution in [-0.2, 0) is 0 Å². The van der Waals surface area contributed by atoms with E-state index in [9.17, 15) is 4.79 Å². The van der Waals surface area contributed by atoms with E-state index in [1.165, 1.54) is 6.21 Å². The Hall–Kier alpha value is -2.54. The van der Waals surface area contributed by atoms with Crippen LogP contribution in [0.3, 0.4) is 0 Å². The first-order valence-corrected chi connectivity index (χ1v) is 6.59. The van der Waals surface area contributed by atoms with Gasteiger partial charge in [-0.3, -0.25) is 9.89 Å². The molecule has 1 aromatic heterocycles. The van der Waals surface area contributed by atoms with Gasteiger partial charge >= 0.3 is 0 Å². The maximum Gasteiger partial charge on any atom is 0.296 e. The Labute approximate surface area is 126 Å². The van der Waals surface area contributed by atoms with Gasteiger partial charge < -0.3 is 4.74 Å². The van der Waals surface area contributed by atoms with Gasteiger partial charge in [-0.2, -0.15) is 14.9 Å². The SMILES string of the molecule is C=CCOc1ccccc1/C=N\n1c(=S)[nH]nc(C)c1=O. The Balaban J connectivity index is 2.39. The van der Waals surface area contributed by atoms with E-state index in [1.807, 2.05) is 24.3 Å². The summed E-state index contributed by atoms with van der Waals surface area (Å²) < 4.78 is 6.73. The van der Waals surface area contributed by atoms with Crippen molar-refractivity contribution < 1.29 is 4.74 Å². The number of para-hydroxylation sites is 1. The lowest BCUT2D eigenvalue weighted by atomic mass is 10.2. The highest BCUT2D eigenvalue weighted by Gasteiger charge is 2.03. The molecular weight excluding hydrogens is 288 g/mol. The van der Waals surface area contributed by atoms with E-state index in [1.54, 1.807) is 13.0 Å². The van der Waals surface area contributed by atoms with Crippen LogP contribution in [0.15, 0.2) is 46.8 Å². The molecule has 21 heavy (non-hydrogen) atoms. The number of aryl methyl sites for hydroxylation is 1. The van der Waals surface area contributed by atoms with Crippen LogP contribution in [0, 0.1) is 11.7 Å². The zero-order valence-corrected chi connectivity index (χ0v) is 12.3. The van der Waals surface area contributed by atoms with Gasteiger partial charge in [0, 0.05) is 5.56 Å². The molecule has 1 aromatic carbocycles. The van der Waals surface area contributed by atoms with Crippen molar-refractivity contribution in [2.75, 3.05) is 6.61 Å². The molecule has 0 radical (unpaired) electrons. The minimum absolute atomic E-state index is 0.131. The Morgan fingerprint density at radius 1 is 1.52 bits per heavy atom. The second kappa shape index (κ2) is 6.76. The fourth-order valence-electron chi connectivity index (χ4n) is 1.56. The van der Waals surface area contributed by atoms with E-state index in [4.69, 9.17) is 17.0 Å². The summed E-state index contributed by atoms with van der Waals surface area (Å²) in [5.74, 6) is 0.648. The average Bonchev–Trinajstić information content (AvgIpc) is 2.50. The van der Waals surface area contributed by atoms with Crippen molar-refractivity contribution in [3.05, 3.63) is 63.3 Å². The van der Waals surface area contributed by atoms with E-state index in [0.29, 0.717) is 12.4 Å². The lowest BCUT2D eigenvalue weighted by molar-refractivity contribution is 0.362. The fourth-order valence-corrected chi connectivity index (χ4v) is 1.74. The van der Waals surface area contributed by atoms with Crippen LogP contribution in [0.1, 0.15) is 11.3 Å². The molecule has 0 spiro atoms. The molecule has 0 amide bonds. The van der Waals surface area contributed by atoms with Crippen molar-refractivity contribution in [2.45, 2.75) is 6.92 Å². The second-order valence-corrected chi connectivity index (χ2v) is 4.50. The number of H-pyrrole nitrogens is 1. The molecule has 0 fully saturated rings. The van der Waals surface area contributed by atoms with Crippen LogP contribution in [-0.4, -0.2) is 27.7 Å². The van der Waals surface area contributed by atoms with Crippen molar-refractivity contribution in [3.63, 3.8) is 0 Å². The van der Waals surface area contributed by atoms with Crippen LogP contribution in [0.4, 0.5) is 0 Å². The molecule has 6 nitrogen and oxygen atoms in total. The van der Waals surface area contributed by atoms with Crippen molar-refractivity contribution >= 4 is 18.4 Å². The first-order valence-electron chi connectivity index (χ1n) is 6.19. The summed E-state index contributed by atoms with van der Waals surface area (Å²) >= 11 is 5.00. The number of rotatable bonds is 5. The number of hydrogen-bond acceptors (Lipinski definition) is 5. The summed E-state index contributed by atoms with van der Waals surface area (Å²) in [5, 5.41) is 10.4. The number of aromatic nitrogens is 3. The normalized spacial score (nSPS) is 10.7. The highest BCUT2D eigenvalue weighted by atomic mass is 32.1. The number of nitrogens with zero attached hydrogens (tertiary/aromatic N) is 3. The van der Waals surface area contributed by atoms with Crippen LogP contribution < -0.4 is 10.3 Å². The molecular formula is C14H14N4O2S. The zero-order valence-electron chi connectivity index (χ0n) is 11.4. The first kappa shape index (κ1) is 14.9. The fraction of sp³-hybridized carbons (Fsp3) is 0.143. The third-order valence-corrected chi connectivity index (χ3v) is 2.87. The molecule has 0 atom stereocenters. The maximum atomic E-state index is 11.9. The molecule has 7 heteroatoms. The van der Waals surface area contributed by atoms with Gasteiger partial charge in [-0.05, 0) is 31.3 Å². The number of nitrogens with one attached hydrogen (secondary N) is 1. The molecule has 108 valence electrons. The second-order valence-electron chi connectivity index (χ2n) is 4.11. The van der Waals surface area contributed by atoms with E-state index in [-0.39, 0.29) is 16.0 Å². The monoisotopic (exact) mass is 302 g/mol. The Morgan fingerprint density at radius 3 is 3.05 bits per heavy atom. The van der Waals surface area contributed by atoms with E-state index >= 15 is 0 Å². The molecule has 0 saturated heterocycles. The third-order valence-electron chi connectivity index (χ3n) is 2.60. The number of hydrogen-bond donors (Lipinski definition) is 1. The van der Waals surface area contributed by atoms with Gasteiger partial charge in [0.25, 0.3) is 5.56 Å². The van der Waals surface area contributed by atoms with Gasteiger partial charge in [-0.1, -0.05) is 24.8 Å². The summed E-state index contributed by atoms with van der Waals surface area (Å²) in [6, 6.07) is 7.34. The molecule has 1 heterocycles. The van der Waals surface area contributed by atoms with Gasteiger partial charge in [0.1, 0.15) is 18.1 Å². The van der Waals surface area contributed by atoms with Gasteiger partial charge in [-0.15, -0.1) is 0 Å². The predicted octanol–water partition coefficient (Wildman–Crippen LogP) is 2.06. The van der Waals surface area contributed by atoms with Crippen LogP contribution in [0.25, 0.3) is 0 Å². The Bertz CT molecular complexity index is 792. The molecule has 2 rings (SSSR count). The first-order chi connectivity index (χ1) is 10.1. The number of ether oxygens (including phenoxy) is 1. The highest BCUT2D eigenvalue weighted by molar-refractivity contribution is 7.71. The van der Waals surface area contributed by atoms with Gasteiger partial charge in [-0.25, -0.2) is 0 Å². The van der Waals surface area contributed by atoms with Gasteiger partial charge in [0.2, 0.25) is 4.77 Å².